The van der Waals surface area contributed by atoms with Gasteiger partial charge in [-0.2, -0.15) is 0 Å². The molecule has 0 amide bonds. The summed E-state index contributed by atoms with van der Waals surface area (Å²) in [6.07, 6.45) is 8.48. The molecule has 2 unspecified atom stereocenters. The van der Waals surface area contributed by atoms with Gasteiger partial charge in [0.25, 0.3) is 0 Å². The molecule has 0 aromatic heterocycles. The Morgan fingerprint density at radius 2 is 2.36 bits per heavy atom. The van der Waals surface area contributed by atoms with Crippen LogP contribution in [0.4, 0.5) is 0 Å². The van der Waals surface area contributed by atoms with E-state index in [0.29, 0.717) is 5.92 Å². The van der Waals surface area contributed by atoms with Crippen molar-refractivity contribution in [2.45, 2.75) is 5.54 Å². The van der Waals surface area contributed by atoms with Gasteiger partial charge in [-0.05, 0) is 7.05 Å². The molecule has 2 rings (SSSR count). The third kappa shape index (κ3) is 1.03. The van der Waals surface area contributed by atoms with Gasteiger partial charge in [0.2, 0.25) is 0 Å². The number of allylic oxidation sites excluding steroid dienone is 2. The van der Waals surface area contributed by atoms with E-state index in [0.717, 1.165) is 13.1 Å². The molecule has 0 radical (unpaired) electrons. The molecule has 1 fully saturated rings. The number of fused-ring (bicyclic) bond motifs is 1. The molecular weight excluding hydrogens is 136 g/mol. The normalized spacial score (nSPS) is 42.9. The summed E-state index contributed by atoms with van der Waals surface area (Å²) in [5.41, 5.74) is 6.10. The fraction of sp³-hybridized carbons (Fsp3) is 0.556. The highest BCUT2D eigenvalue weighted by Crippen LogP contribution is 2.29. The van der Waals surface area contributed by atoms with Crippen molar-refractivity contribution in [2.75, 3.05) is 20.1 Å². The zero-order valence-corrected chi connectivity index (χ0v) is 6.83. The van der Waals surface area contributed by atoms with E-state index in [2.05, 4.69) is 36.3 Å². The molecule has 0 bridgehead atoms. The molecule has 0 saturated carbocycles. The van der Waals surface area contributed by atoms with Crippen molar-refractivity contribution in [1.82, 2.24) is 4.90 Å². The summed E-state index contributed by atoms with van der Waals surface area (Å²) >= 11 is 0. The number of hydrogen-bond acceptors (Lipinski definition) is 2. The van der Waals surface area contributed by atoms with Gasteiger partial charge in [0.1, 0.15) is 0 Å². The first-order valence-electron chi connectivity index (χ1n) is 4.04. The van der Waals surface area contributed by atoms with Crippen LogP contribution in [0.1, 0.15) is 0 Å². The van der Waals surface area contributed by atoms with Crippen molar-refractivity contribution in [3.8, 4) is 0 Å². The zero-order valence-electron chi connectivity index (χ0n) is 6.83. The maximum absolute atomic E-state index is 6.18. The zero-order chi connectivity index (χ0) is 7.90. The van der Waals surface area contributed by atoms with Gasteiger partial charge in [0.05, 0.1) is 5.54 Å². The molecular formula is C9H14N2. The van der Waals surface area contributed by atoms with E-state index in [9.17, 15) is 0 Å². The Kier molecular flexibility index (Phi) is 1.41. The predicted octanol–water partition coefficient (Wildman–Crippen LogP) is 0.372. The Bertz CT molecular complexity index is 220. The topological polar surface area (TPSA) is 29.3 Å². The summed E-state index contributed by atoms with van der Waals surface area (Å²) in [5, 5.41) is 0. The molecule has 2 N–H and O–H groups in total. The highest BCUT2D eigenvalue weighted by Gasteiger charge is 2.39. The van der Waals surface area contributed by atoms with Crippen LogP contribution in [0.2, 0.25) is 0 Å². The minimum atomic E-state index is -0.0799. The third-order valence-corrected chi connectivity index (χ3v) is 2.60. The molecule has 2 atom stereocenters. The molecule has 1 saturated heterocycles. The molecule has 0 aromatic carbocycles. The summed E-state index contributed by atoms with van der Waals surface area (Å²) < 4.78 is 0. The summed E-state index contributed by atoms with van der Waals surface area (Å²) in [7, 11) is 2.12. The van der Waals surface area contributed by atoms with Crippen LogP contribution in [0.5, 0.6) is 0 Å². The van der Waals surface area contributed by atoms with Crippen LogP contribution in [0, 0.1) is 5.92 Å². The van der Waals surface area contributed by atoms with Crippen LogP contribution in [0.3, 0.4) is 0 Å². The van der Waals surface area contributed by atoms with Crippen LogP contribution in [0.25, 0.3) is 0 Å². The van der Waals surface area contributed by atoms with Crippen LogP contribution >= 0.6 is 0 Å². The Morgan fingerprint density at radius 3 is 3.09 bits per heavy atom. The number of nitrogens with two attached hydrogens (primary N) is 1. The number of nitrogens with zero attached hydrogens (tertiary/aromatic N) is 1. The Labute approximate surface area is 67.4 Å². The number of hydrogen-bond donors (Lipinski definition) is 1. The molecule has 0 spiro atoms. The fourth-order valence-corrected chi connectivity index (χ4v) is 2.00. The average Bonchev–Trinajstić information content (AvgIpc) is 2.22. The van der Waals surface area contributed by atoms with Gasteiger partial charge in [0.15, 0.2) is 0 Å². The van der Waals surface area contributed by atoms with E-state index in [1.165, 1.54) is 0 Å². The van der Waals surface area contributed by atoms with Crippen molar-refractivity contribution in [3.63, 3.8) is 0 Å². The molecule has 2 nitrogen and oxygen atoms in total. The predicted molar refractivity (Wildman–Crippen MR) is 46.2 cm³/mol. The third-order valence-electron chi connectivity index (χ3n) is 2.60. The van der Waals surface area contributed by atoms with Crippen LogP contribution in [-0.2, 0) is 0 Å². The first-order chi connectivity index (χ1) is 5.21. The Hall–Kier alpha value is -0.600. The monoisotopic (exact) mass is 150 g/mol. The Balaban J connectivity index is 2.27. The average molecular weight is 150 g/mol. The molecule has 1 aliphatic carbocycles. The van der Waals surface area contributed by atoms with Gasteiger partial charge in [-0.25, -0.2) is 0 Å². The molecule has 2 heteroatoms. The maximum atomic E-state index is 6.18. The van der Waals surface area contributed by atoms with Gasteiger partial charge >= 0.3 is 0 Å². The highest BCUT2D eigenvalue weighted by molar-refractivity contribution is 5.27. The van der Waals surface area contributed by atoms with E-state index in [-0.39, 0.29) is 5.54 Å². The number of rotatable bonds is 0. The second-order valence-corrected chi connectivity index (χ2v) is 3.66. The van der Waals surface area contributed by atoms with E-state index >= 15 is 0 Å². The number of likely N-dealkylation sites (tertiary alicyclic amines) is 1. The summed E-state index contributed by atoms with van der Waals surface area (Å²) in [6, 6.07) is 0. The first-order valence-corrected chi connectivity index (χ1v) is 4.04. The minimum absolute atomic E-state index is 0.0799. The highest BCUT2D eigenvalue weighted by atomic mass is 15.2. The van der Waals surface area contributed by atoms with Gasteiger partial charge in [0, 0.05) is 19.0 Å². The van der Waals surface area contributed by atoms with Crippen LogP contribution < -0.4 is 5.73 Å². The van der Waals surface area contributed by atoms with Gasteiger partial charge in [-0.3, -0.25) is 0 Å². The van der Waals surface area contributed by atoms with Gasteiger partial charge < -0.3 is 10.6 Å². The standard InChI is InChI=1S/C9H14N2/c1-11-6-8-4-2-3-5-9(8,10)7-11/h2-5,8H,6-7,10H2,1H3. The summed E-state index contributed by atoms with van der Waals surface area (Å²) in [4.78, 5) is 2.28. The number of likely N-dealkylation sites (N-methyl/N-ethyl adjacent to an activating group) is 1. The largest absolute Gasteiger partial charge is 0.320 e. The minimum Gasteiger partial charge on any atom is -0.320 e. The molecule has 60 valence electrons. The quantitative estimate of drug-likeness (QED) is 0.540. The van der Waals surface area contributed by atoms with Crippen molar-refractivity contribution in [3.05, 3.63) is 24.3 Å². The van der Waals surface area contributed by atoms with Crippen molar-refractivity contribution in [2.24, 2.45) is 11.7 Å². The molecule has 0 aromatic rings. The molecule has 1 aliphatic heterocycles. The van der Waals surface area contributed by atoms with Crippen molar-refractivity contribution >= 4 is 0 Å². The van der Waals surface area contributed by atoms with Gasteiger partial charge in [-0.1, -0.05) is 24.3 Å². The van der Waals surface area contributed by atoms with Gasteiger partial charge in [-0.15, -0.1) is 0 Å². The lowest BCUT2D eigenvalue weighted by Crippen LogP contribution is -2.45. The van der Waals surface area contributed by atoms with Crippen LogP contribution in [-0.4, -0.2) is 30.6 Å². The lowest BCUT2D eigenvalue weighted by molar-refractivity contribution is 0.395. The Morgan fingerprint density at radius 1 is 1.55 bits per heavy atom. The second-order valence-electron chi connectivity index (χ2n) is 3.66. The van der Waals surface area contributed by atoms with E-state index in [1.54, 1.807) is 0 Å². The first kappa shape index (κ1) is 7.07. The molecule has 11 heavy (non-hydrogen) atoms. The lowest BCUT2D eigenvalue weighted by Gasteiger charge is -2.26. The fourth-order valence-electron chi connectivity index (χ4n) is 2.00. The van der Waals surface area contributed by atoms with Crippen molar-refractivity contribution in [1.29, 1.82) is 0 Å². The van der Waals surface area contributed by atoms with Crippen LogP contribution in [0.15, 0.2) is 24.3 Å². The smallest absolute Gasteiger partial charge is 0.0547 e. The molecule has 1 heterocycles. The second kappa shape index (κ2) is 2.19. The SMILES string of the molecule is CN1CC2C=CC=CC2(N)C1. The van der Waals surface area contributed by atoms with E-state index in [1.807, 2.05) is 0 Å². The maximum Gasteiger partial charge on any atom is 0.0547 e. The van der Waals surface area contributed by atoms with E-state index < -0.39 is 0 Å². The lowest BCUT2D eigenvalue weighted by atomic mass is 9.85. The summed E-state index contributed by atoms with van der Waals surface area (Å²) in [6.45, 7) is 2.08. The summed E-state index contributed by atoms with van der Waals surface area (Å²) in [5.74, 6) is 0.525. The van der Waals surface area contributed by atoms with Crippen molar-refractivity contribution < 1.29 is 0 Å². The molecule has 2 aliphatic rings. The van der Waals surface area contributed by atoms with E-state index in [4.69, 9.17) is 5.73 Å².